The van der Waals surface area contributed by atoms with Crippen molar-refractivity contribution in [3.63, 3.8) is 0 Å². The first kappa shape index (κ1) is 11.6. The summed E-state index contributed by atoms with van der Waals surface area (Å²) in [5, 5.41) is 10.6. The zero-order chi connectivity index (χ0) is 8.43. The van der Waals surface area contributed by atoms with Gasteiger partial charge in [-0.25, -0.2) is 8.78 Å². The minimum atomic E-state index is -1.92. The smallest absolute Gasteiger partial charge is 0.309 e. The summed E-state index contributed by atoms with van der Waals surface area (Å²) in [4.78, 5) is 10.3. The standard InChI is InChI=1S/C6H9F2NO2.ClH/c7-4-3(6(10)11)1-2-9-5(4)8;/h3-5,9H,1-2H2,(H,10,11);1H. The Morgan fingerprint density at radius 1 is 1.50 bits per heavy atom. The Hall–Kier alpha value is -0.420. The van der Waals surface area contributed by atoms with Gasteiger partial charge < -0.3 is 5.11 Å². The molecule has 3 nitrogen and oxygen atoms in total. The van der Waals surface area contributed by atoms with Crippen molar-refractivity contribution in [2.24, 2.45) is 5.92 Å². The van der Waals surface area contributed by atoms with Crippen molar-refractivity contribution >= 4 is 18.4 Å². The van der Waals surface area contributed by atoms with E-state index < -0.39 is 24.4 Å². The first-order valence-electron chi connectivity index (χ1n) is 3.37. The van der Waals surface area contributed by atoms with Crippen LogP contribution in [0.2, 0.25) is 0 Å². The molecule has 0 saturated carbocycles. The van der Waals surface area contributed by atoms with Gasteiger partial charge in [-0.05, 0) is 13.0 Å². The van der Waals surface area contributed by atoms with Crippen molar-refractivity contribution in [2.75, 3.05) is 6.54 Å². The molecule has 1 aliphatic rings. The third-order valence-electron chi connectivity index (χ3n) is 1.78. The molecule has 0 aromatic carbocycles. The Balaban J connectivity index is 0.00000121. The van der Waals surface area contributed by atoms with E-state index in [2.05, 4.69) is 5.32 Å². The van der Waals surface area contributed by atoms with Gasteiger partial charge in [0.2, 0.25) is 0 Å². The van der Waals surface area contributed by atoms with E-state index in [0.717, 1.165) is 0 Å². The molecule has 1 fully saturated rings. The van der Waals surface area contributed by atoms with Gasteiger partial charge in [0, 0.05) is 0 Å². The SMILES string of the molecule is Cl.O=C(O)C1CCNC(F)C1F. The van der Waals surface area contributed by atoms with Crippen LogP contribution in [0.15, 0.2) is 0 Å². The summed E-state index contributed by atoms with van der Waals surface area (Å²) in [6, 6.07) is 0. The summed E-state index contributed by atoms with van der Waals surface area (Å²) >= 11 is 0. The molecule has 3 atom stereocenters. The van der Waals surface area contributed by atoms with Crippen molar-refractivity contribution in [1.29, 1.82) is 0 Å². The van der Waals surface area contributed by atoms with Crippen molar-refractivity contribution < 1.29 is 18.7 Å². The Morgan fingerprint density at radius 2 is 2.08 bits per heavy atom. The fourth-order valence-corrected chi connectivity index (χ4v) is 1.11. The van der Waals surface area contributed by atoms with Crippen molar-refractivity contribution in [2.45, 2.75) is 18.9 Å². The summed E-state index contributed by atoms with van der Waals surface area (Å²) in [5.74, 6) is -2.45. The van der Waals surface area contributed by atoms with Gasteiger partial charge in [-0.2, -0.15) is 0 Å². The van der Waals surface area contributed by atoms with Crippen LogP contribution in [0.5, 0.6) is 0 Å². The number of nitrogens with one attached hydrogen (secondary N) is 1. The maximum Gasteiger partial charge on any atom is 0.309 e. The average molecular weight is 202 g/mol. The second-order valence-corrected chi connectivity index (χ2v) is 2.53. The number of hydrogen-bond donors (Lipinski definition) is 2. The molecule has 1 rings (SSSR count). The van der Waals surface area contributed by atoms with Crippen LogP contribution in [0.25, 0.3) is 0 Å². The van der Waals surface area contributed by atoms with Crippen molar-refractivity contribution in [3.8, 4) is 0 Å². The molecule has 0 aromatic heterocycles. The van der Waals surface area contributed by atoms with Crippen LogP contribution in [0.1, 0.15) is 6.42 Å². The number of carboxylic acid groups (broad SMARTS) is 1. The molecule has 0 aromatic rings. The molecule has 6 heteroatoms. The third-order valence-corrected chi connectivity index (χ3v) is 1.78. The third kappa shape index (κ3) is 2.28. The molecule has 1 aliphatic heterocycles. The quantitative estimate of drug-likeness (QED) is 0.615. The fraction of sp³-hybridized carbons (Fsp3) is 0.833. The number of hydrogen-bond acceptors (Lipinski definition) is 2. The molecule has 1 heterocycles. The lowest BCUT2D eigenvalue weighted by atomic mass is 9.96. The second kappa shape index (κ2) is 4.57. The average Bonchev–Trinajstić information content (AvgIpc) is 1.94. The molecule has 0 amide bonds. The highest BCUT2D eigenvalue weighted by Gasteiger charge is 2.37. The van der Waals surface area contributed by atoms with E-state index in [1.54, 1.807) is 0 Å². The molecule has 1 saturated heterocycles. The number of alkyl halides is 2. The molecule has 12 heavy (non-hydrogen) atoms. The summed E-state index contributed by atoms with van der Waals surface area (Å²) in [6.07, 6.45) is -3.59. The Labute approximate surface area is 74.5 Å². The predicted molar refractivity (Wildman–Crippen MR) is 40.8 cm³/mol. The maximum atomic E-state index is 12.7. The van der Waals surface area contributed by atoms with Gasteiger partial charge in [0.1, 0.15) is 0 Å². The molecular weight excluding hydrogens is 192 g/mol. The van der Waals surface area contributed by atoms with E-state index in [-0.39, 0.29) is 25.4 Å². The summed E-state index contributed by atoms with van der Waals surface area (Å²) in [5.41, 5.74) is 0. The van der Waals surface area contributed by atoms with Crippen LogP contribution in [0.4, 0.5) is 8.78 Å². The number of halogens is 3. The van der Waals surface area contributed by atoms with Crippen LogP contribution in [0.3, 0.4) is 0 Å². The molecule has 0 radical (unpaired) electrons. The first-order chi connectivity index (χ1) is 5.13. The van der Waals surface area contributed by atoms with Gasteiger partial charge >= 0.3 is 5.97 Å². The highest BCUT2D eigenvalue weighted by Crippen LogP contribution is 2.20. The van der Waals surface area contributed by atoms with Crippen LogP contribution >= 0.6 is 12.4 Å². The minimum Gasteiger partial charge on any atom is -0.481 e. The predicted octanol–water partition coefficient (Wildman–Crippen LogP) is 0.736. The monoisotopic (exact) mass is 201 g/mol. The van der Waals surface area contributed by atoms with Crippen LogP contribution in [-0.2, 0) is 4.79 Å². The lowest BCUT2D eigenvalue weighted by Gasteiger charge is -2.26. The summed E-state index contributed by atoms with van der Waals surface area (Å²) in [7, 11) is 0. The van der Waals surface area contributed by atoms with E-state index in [1.807, 2.05) is 0 Å². The molecule has 2 N–H and O–H groups in total. The topological polar surface area (TPSA) is 49.3 Å². The largest absolute Gasteiger partial charge is 0.481 e. The summed E-state index contributed by atoms with van der Waals surface area (Å²) in [6.45, 7) is 0.221. The minimum absolute atomic E-state index is 0. The van der Waals surface area contributed by atoms with Gasteiger partial charge in [0.15, 0.2) is 12.5 Å². The Kier molecular flexibility index (Phi) is 4.41. The second-order valence-electron chi connectivity index (χ2n) is 2.53. The fourth-order valence-electron chi connectivity index (χ4n) is 1.11. The lowest BCUT2D eigenvalue weighted by Crippen LogP contribution is -2.47. The molecule has 3 unspecified atom stereocenters. The molecule has 0 aliphatic carbocycles. The highest BCUT2D eigenvalue weighted by molar-refractivity contribution is 5.85. The van der Waals surface area contributed by atoms with E-state index in [1.165, 1.54) is 0 Å². The van der Waals surface area contributed by atoms with E-state index in [9.17, 15) is 13.6 Å². The van der Waals surface area contributed by atoms with Gasteiger partial charge in [-0.3, -0.25) is 10.1 Å². The van der Waals surface area contributed by atoms with Gasteiger partial charge in [0.05, 0.1) is 5.92 Å². The van der Waals surface area contributed by atoms with Crippen molar-refractivity contribution in [3.05, 3.63) is 0 Å². The zero-order valence-electron chi connectivity index (χ0n) is 6.17. The molecular formula is C6H10ClF2NO2. The van der Waals surface area contributed by atoms with Crippen LogP contribution in [-0.4, -0.2) is 30.1 Å². The lowest BCUT2D eigenvalue weighted by molar-refractivity contribution is -0.147. The molecule has 0 bridgehead atoms. The molecule has 72 valence electrons. The molecule has 0 spiro atoms. The Morgan fingerprint density at radius 3 is 2.50 bits per heavy atom. The van der Waals surface area contributed by atoms with Crippen LogP contribution in [0, 0.1) is 5.92 Å². The number of rotatable bonds is 1. The number of carbonyl (C=O) groups is 1. The van der Waals surface area contributed by atoms with Gasteiger partial charge in [-0.1, -0.05) is 0 Å². The maximum absolute atomic E-state index is 12.7. The number of carboxylic acids is 1. The van der Waals surface area contributed by atoms with Gasteiger partial charge in [-0.15, -0.1) is 12.4 Å². The highest BCUT2D eigenvalue weighted by atomic mass is 35.5. The zero-order valence-corrected chi connectivity index (χ0v) is 6.98. The van der Waals surface area contributed by atoms with Gasteiger partial charge in [0.25, 0.3) is 0 Å². The van der Waals surface area contributed by atoms with E-state index in [0.29, 0.717) is 0 Å². The first-order valence-corrected chi connectivity index (χ1v) is 3.37. The van der Waals surface area contributed by atoms with E-state index >= 15 is 0 Å². The number of aliphatic carboxylic acids is 1. The van der Waals surface area contributed by atoms with E-state index in [4.69, 9.17) is 5.11 Å². The van der Waals surface area contributed by atoms with Crippen molar-refractivity contribution in [1.82, 2.24) is 5.32 Å². The normalized spacial score (nSPS) is 35.3. The Bertz CT molecular complexity index is 170. The summed E-state index contributed by atoms with van der Waals surface area (Å²) < 4.78 is 25.1. The van der Waals surface area contributed by atoms with Crippen LogP contribution < -0.4 is 5.32 Å². The number of piperidine rings is 1.